The Morgan fingerprint density at radius 3 is 2.68 bits per heavy atom. The molecule has 1 atom stereocenters. The highest BCUT2D eigenvalue weighted by atomic mass is 32.2. The van der Waals surface area contributed by atoms with Gasteiger partial charge in [0.2, 0.25) is 11.8 Å². The van der Waals surface area contributed by atoms with Crippen molar-refractivity contribution in [3.05, 3.63) is 34.6 Å². The molecule has 0 aliphatic carbocycles. The average Bonchev–Trinajstić information content (AvgIpc) is 2.60. The van der Waals surface area contributed by atoms with Crippen LogP contribution in [-0.2, 0) is 16.1 Å². The standard InChI is InChI=1S/C17H22N4O3S/c1-4-18-15(23)11(3)19-14(22)10-25-17-20-13-9-7-6-8-12(13)16(24)21(17)5-2/h6-9,11H,4-5,10H2,1-3H3,(H,18,23)(H,19,22)/t11-/m0/s1. The van der Waals surface area contributed by atoms with Crippen LogP contribution in [0, 0.1) is 0 Å². The van der Waals surface area contributed by atoms with Gasteiger partial charge in [0.15, 0.2) is 5.16 Å². The van der Waals surface area contributed by atoms with Crippen LogP contribution in [0.2, 0.25) is 0 Å². The van der Waals surface area contributed by atoms with Crippen molar-refractivity contribution in [3.63, 3.8) is 0 Å². The maximum atomic E-state index is 12.5. The summed E-state index contributed by atoms with van der Waals surface area (Å²) in [6, 6.07) is 6.53. The summed E-state index contributed by atoms with van der Waals surface area (Å²) in [6.07, 6.45) is 0. The molecule has 25 heavy (non-hydrogen) atoms. The molecule has 0 spiro atoms. The fraction of sp³-hybridized carbons (Fsp3) is 0.412. The molecule has 7 nitrogen and oxygen atoms in total. The van der Waals surface area contributed by atoms with Crippen molar-refractivity contribution in [2.24, 2.45) is 0 Å². The number of hydrogen-bond donors (Lipinski definition) is 2. The Balaban J connectivity index is 2.11. The molecule has 8 heteroatoms. The SMILES string of the molecule is CCNC(=O)[C@H](C)NC(=O)CSc1nc2ccccc2c(=O)n1CC. The van der Waals surface area contributed by atoms with E-state index < -0.39 is 6.04 Å². The molecule has 1 aromatic carbocycles. The molecular formula is C17H22N4O3S. The summed E-state index contributed by atoms with van der Waals surface area (Å²) in [5, 5.41) is 6.34. The molecule has 0 bridgehead atoms. The number of rotatable bonds is 7. The van der Waals surface area contributed by atoms with Crippen molar-refractivity contribution in [2.45, 2.75) is 38.5 Å². The number of fused-ring (bicyclic) bond motifs is 1. The second-order valence-electron chi connectivity index (χ2n) is 5.43. The van der Waals surface area contributed by atoms with Crippen LogP contribution < -0.4 is 16.2 Å². The van der Waals surface area contributed by atoms with Crippen molar-refractivity contribution >= 4 is 34.5 Å². The number of likely N-dealkylation sites (N-methyl/N-ethyl adjacent to an activating group) is 1. The Morgan fingerprint density at radius 2 is 2.00 bits per heavy atom. The van der Waals surface area contributed by atoms with E-state index in [0.29, 0.717) is 29.1 Å². The van der Waals surface area contributed by atoms with Gasteiger partial charge in [-0.1, -0.05) is 23.9 Å². The maximum absolute atomic E-state index is 12.5. The number of thioether (sulfide) groups is 1. The molecule has 0 fully saturated rings. The number of amides is 2. The van der Waals surface area contributed by atoms with Gasteiger partial charge in [-0.25, -0.2) is 4.98 Å². The molecule has 0 aliphatic rings. The molecule has 0 unspecified atom stereocenters. The van der Waals surface area contributed by atoms with E-state index in [-0.39, 0.29) is 23.1 Å². The Bertz CT molecular complexity index is 834. The largest absolute Gasteiger partial charge is 0.355 e. The second-order valence-corrected chi connectivity index (χ2v) is 6.38. The van der Waals surface area contributed by atoms with E-state index in [1.54, 1.807) is 29.7 Å². The van der Waals surface area contributed by atoms with E-state index in [0.717, 1.165) is 0 Å². The molecule has 2 aromatic rings. The highest BCUT2D eigenvalue weighted by molar-refractivity contribution is 7.99. The normalized spacial score (nSPS) is 12.0. The fourth-order valence-corrected chi connectivity index (χ4v) is 3.22. The zero-order valence-electron chi connectivity index (χ0n) is 14.5. The Hall–Kier alpha value is -2.35. The van der Waals surface area contributed by atoms with Gasteiger partial charge >= 0.3 is 0 Å². The van der Waals surface area contributed by atoms with Gasteiger partial charge in [0.1, 0.15) is 6.04 Å². The summed E-state index contributed by atoms with van der Waals surface area (Å²) in [7, 11) is 0. The van der Waals surface area contributed by atoms with Crippen molar-refractivity contribution in [1.82, 2.24) is 20.2 Å². The number of nitrogens with zero attached hydrogens (tertiary/aromatic N) is 2. The van der Waals surface area contributed by atoms with E-state index in [1.807, 2.05) is 19.9 Å². The number of hydrogen-bond acceptors (Lipinski definition) is 5. The topological polar surface area (TPSA) is 93.1 Å². The summed E-state index contributed by atoms with van der Waals surface area (Å²) < 4.78 is 1.55. The summed E-state index contributed by atoms with van der Waals surface area (Å²) in [6.45, 7) is 6.29. The Morgan fingerprint density at radius 1 is 1.28 bits per heavy atom. The minimum absolute atomic E-state index is 0.0779. The van der Waals surface area contributed by atoms with Crippen molar-refractivity contribution in [1.29, 1.82) is 0 Å². The van der Waals surface area contributed by atoms with Gasteiger partial charge in [0, 0.05) is 13.1 Å². The summed E-state index contributed by atoms with van der Waals surface area (Å²) in [5.41, 5.74) is 0.488. The highest BCUT2D eigenvalue weighted by Gasteiger charge is 2.16. The lowest BCUT2D eigenvalue weighted by atomic mass is 10.2. The lowest BCUT2D eigenvalue weighted by molar-refractivity contribution is -0.127. The second kappa shape index (κ2) is 8.66. The molecule has 1 aromatic heterocycles. The number of aromatic nitrogens is 2. The first kappa shape index (κ1) is 19.0. The number of carbonyl (C=O) groups excluding carboxylic acids is 2. The smallest absolute Gasteiger partial charge is 0.262 e. The van der Waals surface area contributed by atoms with E-state index in [2.05, 4.69) is 15.6 Å². The molecule has 2 N–H and O–H groups in total. The summed E-state index contributed by atoms with van der Waals surface area (Å²) in [4.78, 5) is 40.7. The van der Waals surface area contributed by atoms with Crippen molar-refractivity contribution < 1.29 is 9.59 Å². The van der Waals surface area contributed by atoms with Crippen LogP contribution >= 0.6 is 11.8 Å². The monoisotopic (exact) mass is 362 g/mol. The molecule has 1 heterocycles. The average molecular weight is 362 g/mol. The number of para-hydroxylation sites is 1. The Labute approximate surface area is 150 Å². The predicted molar refractivity (Wildman–Crippen MR) is 98.7 cm³/mol. The van der Waals surface area contributed by atoms with Crippen LogP contribution in [0.4, 0.5) is 0 Å². The maximum Gasteiger partial charge on any atom is 0.262 e. The number of nitrogens with one attached hydrogen (secondary N) is 2. The van der Waals surface area contributed by atoms with Crippen LogP contribution in [0.25, 0.3) is 10.9 Å². The summed E-state index contributed by atoms with van der Waals surface area (Å²) >= 11 is 1.18. The zero-order valence-corrected chi connectivity index (χ0v) is 15.4. The minimum atomic E-state index is -0.606. The lowest BCUT2D eigenvalue weighted by Gasteiger charge is -2.14. The van der Waals surface area contributed by atoms with Crippen LogP contribution in [0.5, 0.6) is 0 Å². The molecule has 2 amide bonds. The fourth-order valence-electron chi connectivity index (χ4n) is 2.34. The first-order chi connectivity index (χ1) is 12.0. The molecule has 2 rings (SSSR count). The van der Waals surface area contributed by atoms with Gasteiger partial charge in [-0.15, -0.1) is 0 Å². The van der Waals surface area contributed by atoms with Gasteiger partial charge in [-0.05, 0) is 32.9 Å². The van der Waals surface area contributed by atoms with Gasteiger partial charge in [-0.2, -0.15) is 0 Å². The first-order valence-corrected chi connectivity index (χ1v) is 9.15. The van der Waals surface area contributed by atoms with E-state index in [4.69, 9.17) is 0 Å². The van der Waals surface area contributed by atoms with E-state index in [9.17, 15) is 14.4 Å². The van der Waals surface area contributed by atoms with Crippen LogP contribution in [0.3, 0.4) is 0 Å². The quantitative estimate of drug-likeness (QED) is 0.569. The van der Waals surface area contributed by atoms with Gasteiger partial charge < -0.3 is 10.6 Å². The predicted octanol–water partition coefficient (Wildman–Crippen LogP) is 1.15. The van der Waals surface area contributed by atoms with Gasteiger partial charge in [0.05, 0.1) is 16.7 Å². The van der Waals surface area contributed by atoms with Crippen LogP contribution in [0.1, 0.15) is 20.8 Å². The van der Waals surface area contributed by atoms with Crippen LogP contribution in [0.15, 0.2) is 34.2 Å². The lowest BCUT2D eigenvalue weighted by Crippen LogP contribution is -2.45. The first-order valence-electron chi connectivity index (χ1n) is 8.17. The third kappa shape index (κ3) is 4.60. The third-order valence-corrected chi connectivity index (χ3v) is 4.57. The van der Waals surface area contributed by atoms with Gasteiger partial charge in [0.25, 0.3) is 5.56 Å². The molecule has 0 radical (unpaired) electrons. The minimum Gasteiger partial charge on any atom is -0.355 e. The molecule has 0 saturated heterocycles. The van der Waals surface area contributed by atoms with Crippen molar-refractivity contribution in [3.8, 4) is 0 Å². The van der Waals surface area contributed by atoms with E-state index >= 15 is 0 Å². The summed E-state index contributed by atoms with van der Waals surface area (Å²) in [5.74, 6) is -0.432. The molecule has 0 saturated carbocycles. The number of benzene rings is 1. The molecular weight excluding hydrogens is 340 g/mol. The van der Waals surface area contributed by atoms with E-state index in [1.165, 1.54) is 11.8 Å². The van der Waals surface area contributed by atoms with Gasteiger partial charge in [-0.3, -0.25) is 19.0 Å². The third-order valence-electron chi connectivity index (χ3n) is 3.60. The number of carbonyl (C=O) groups is 2. The molecule has 0 aliphatic heterocycles. The van der Waals surface area contributed by atoms with Crippen molar-refractivity contribution in [2.75, 3.05) is 12.3 Å². The molecule has 134 valence electrons. The van der Waals surface area contributed by atoms with Crippen LogP contribution in [-0.4, -0.2) is 39.7 Å². The Kier molecular flexibility index (Phi) is 6.58. The highest BCUT2D eigenvalue weighted by Crippen LogP contribution is 2.17. The zero-order chi connectivity index (χ0) is 18.4.